The summed E-state index contributed by atoms with van der Waals surface area (Å²) in [5, 5.41) is 17.5. The minimum Gasteiger partial charge on any atom is -0.496 e. The van der Waals surface area contributed by atoms with Crippen LogP contribution < -0.4 is 4.74 Å². The summed E-state index contributed by atoms with van der Waals surface area (Å²) in [5.74, 6) is 0.483. The zero-order chi connectivity index (χ0) is 10.6. The fourth-order valence-corrected chi connectivity index (χ4v) is 1.21. The lowest BCUT2D eigenvalue weighted by atomic mass is 9.81. The van der Waals surface area contributed by atoms with Crippen molar-refractivity contribution in [2.75, 3.05) is 7.11 Å². The second-order valence-electron chi connectivity index (χ2n) is 2.88. The van der Waals surface area contributed by atoms with Crippen LogP contribution in [0.5, 0.6) is 5.75 Å². The van der Waals surface area contributed by atoms with Gasteiger partial charge in [-0.05, 0) is 17.7 Å². The van der Waals surface area contributed by atoms with E-state index >= 15 is 0 Å². The SMILES string of the molecule is COc1ccc(CB(O)O)cc1C=O. The summed E-state index contributed by atoms with van der Waals surface area (Å²) in [6.45, 7) is 0. The van der Waals surface area contributed by atoms with Gasteiger partial charge in [0.25, 0.3) is 0 Å². The van der Waals surface area contributed by atoms with Crippen LogP contribution in [-0.2, 0) is 6.32 Å². The van der Waals surface area contributed by atoms with Gasteiger partial charge in [-0.1, -0.05) is 6.07 Å². The summed E-state index contributed by atoms with van der Waals surface area (Å²) in [6.07, 6.45) is 0.775. The highest BCUT2D eigenvalue weighted by Crippen LogP contribution is 2.18. The summed E-state index contributed by atoms with van der Waals surface area (Å²) >= 11 is 0. The first-order valence-electron chi connectivity index (χ1n) is 4.15. The van der Waals surface area contributed by atoms with Crippen LogP contribution in [0.2, 0.25) is 0 Å². The molecule has 0 saturated heterocycles. The largest absolute Gasteiger partial charge is 0.496 e. The Balaban J connectivity index is 2.95. The van der Waals surface area contributed by atoms with Crippen molar-refractivity contribution >= 4 is 13.4 Å². The van der Waals surface area contributed by atoms with Gasteiger partial charge in [0, 0.05) is 6.32 Å². The van der Waals surface area contributed by atoms with Crippen molar-refractivity contribution in [2.45, 2.75) is 6.32 Å². The molecule has 5 heteroatoms. The molecule has 74 valence electrons. The Morgan fingerprint density at radius 1 is 1.50 bits per heavy atom. The molecule has 0 radical (unpaired) electrons. The van der Waals surface area contributed by atoms with E-state index in [1.807, 2.05) is 0 Å². The van der Waals surface area contributed by atoms with Crippen LogP contribution >= 0.6 is 0 Å². The van der Waals surface area contributed by atoms with E-state index in [1.54, 1.807) is 18.2 Å². The normalized spacial score (nSPS) is 9.64. The van der Waals surface area contributed by atoms with Gasteiger partial charge in [0.1, 0.15) is 5.75 Å². The summed E-state index contributed by atoms with van der Waals surface area (Å²) in [7, 11) is 0.0750. The molecule has 0 aliphatic carbocycles. The topological polar surface area (TPSA) is 66.8 Å². The number of rotatable bonds is 4. The van der Waals surface area contributed by atoms with E-state index < -0.39 is 7.12 Å². The number of hydrogen-bond acceptors (Lipinski definition) is 4. The Bertz CT molecular complexity index is 325. The van der Waals surface area contributed by atoms with Crippen LogP contribution in [0.15, 0.2) is 18.2 Å². The van der Waals surface area contributed by atoms with Crippen LogP contribution in [0.4, 0.5) is 0 Å². The Hall–Kier alpha value is -1.33. The molecule has 0 atom stereocenters. The smallest absolute Gasteiger partial charge is 0.456 e. The average molecular weight is 194 g/mol. The third-order valence-corrected chi connectivity index (χ3v) is 1.84. The first-order chi connectivity index (χ1) is 6.67. The van der Waals surface area contributed by atoms with Crippen molar-refractivity contribution in [3.05, 3.63) is 29.3 Å². The molecule has 4 nitrogen and oxygen atoms in total. The third-order valence-electron chi connectivity index (χ3n) is 1.84. The number of ether oxygens (including phenoxy) is 1. The van der Waals surface area contributed by atoms with E-state index in [0.717, 1.165) is 0 Å². The molecule has 0 saturated carbocycles. The molecule has 14 heavy (non-hydrogen) atoms. The predicted molar refractivity (Wildman–Crippen MR) is 52.3 cm³/mol. The molecular formula is C9H11BO4. The summed E-state index contributed by atoms with van der Waals surface area (Å²) in [5.41, 5.74) is 1.09. The molecular weight excluding hydrogens is 183 g/mol. The zero-order valence-corrected chi connectivity index (χ0v) is 7.80. The van der Waals surface area contributed by atoms with Crippen molar-refractivity contribution in [1.82, 2.24) is 0 Å². The van der Waals surface area contributed by atoms with Crippen LogP contribution in [0.25, 0.3) is 0 Å². The highest BCUT2D eigenvalue weighted by molar-refractivity contribution is 6.40. The Morgan fingerprint density at radius 2 is 2.21 bits per heavy atom. The van der Waals surface area contributed by atoms with Crippen LogP contribution in [-0.4, -0.2) is 30.6 Å². The molecule has 0 aromatic heterocycles. The molecule has 1 aromatic carbocycles. The molecule has 2 N–H and O–H groups in total. The first kappa shape index (κ1) is 10.8. The molecule has 0 aliphatic heterocycles. The number of benzene rings is 1. The zero-order valence-electron chi connectivity index (χ0n) is 7.80. The minimum atomic E-state index is -1.40. The molecule has 0 heterocycles. The molecule has 0 fully saturated rings. The van der Waals surface area contributed by atoms with Crippen LogP contribution in [0.1, 0.15) is 15.9 Å². The quantitative estimate of drug-likeness (QED) is 0.525. The van der Waals surface area contributed by atoms with Crippen molar-refractivity contribution < 1.29 is 19.6 Å². The lowest BCUT2D eigenvalue weighted by Crippen LogP contribution is -2.15. The van der Waals surface area contributed by atoms with Crippen LogP contribution in [0, 0.1) is 0 Å². The molecule has 0 bridgehead atoms. The average Bonchev–Trinajstić information content (AvgIpc) is 2.16. The van der Waals surface area contributed by atoms with Gasteiger partial charge in [-0.3, -0.25) is 4.79 Å². The van der Waals surface area contributed by atoms with Crippen molar-refractivity contribution in [1.29, 1.82) is 0 Å². The fourth-order valence-electron chi connectivity index (χ4n) is 1.21. The van der Waals surface area contributed by atoms with Gasteiger partial charge < -0.3 is 14.8 Å². The Kier molecular flexibility index (Phi) is 3.68. The highest BCUT2D eigenvalue weighted by atomic mass is 16.5. The minimum absolute atomic E-state index is 0.102. The van der Waals surface area contributed by atoms with Gasteiger partial charge in [0.2, 0.25) is 0 Å². The molecule has 0 unspecified atom stereocenters. The number of hydrogen-bond donors (Lipinski definition) is 2. The van der Waals surface area contributed by atoms with E-state index in [0.29, 0.717) is 23.2 Å². The highest BCUT2D eigenvalue weighted by Gasteiger charge is 2.10. The standard InChI is InChI=1S/C9H11BO4/c1-14-9-3-2-7(5-10(12)13)4-8(9)6-11/h2-4,6,12-13H,5H2,1H3. The monoisotopic (exact) mass is 194 g/mol. The van der Waals surface area contributed by atoms with Gasteiger partial charge in [-0.2, -0.15) is 0 Å². The number of methoxy groups -OCH3 is 1. The number of aldehydes is 1. The number of carbonyl (C=O) groups excluding carboxylic acids is 1. The van der Waals surface area contributed by atoms with Gasteiger partial charge in [0.05, 0.1) is 12.7 Å². The summed E-state index contributed by atoms with van der Waals surface area (Å²) in [4.78, 5) is 10.6. The van der Waals surface area contributed by atoms with E-state index in [4.69, 9.17) is 14.8 Å². The lowest BCUT2D eigenvalue weighted by Gasteiger charge is -2.05. The molecule has 0 spiro atoms. The van der Waals surface area contributed by atoms with E-state index in [-0.39, 0.29) is 6.32 Å². The fraction of sp³-hybridized carbons (Fsp3) is 0.222. The van der Waals surface area contributed by atoms with Gasteiger partial charge >= 0.3 is 7.12 Å². The number of carbonyl (C=O) groups is 1. The van der Waals surface area contributed by atoms with E-state index in [2.05, 4.69) is 0 Å². The van der Waals surface area contributed by atoms with Crippen molar-refractivity contribution in [3.8, 4) is 5.75 Å². The molecule has 1 rings (SSSR count). The second-order valence-corrected chi connectivity index (χ2v) is 2.88. The van der Waals surface area contributed by atoms with Crippen molar-refractivity contribution in [2.24, 2.45) is 0 Å². The third kappa shape index (κ3) is 2.58. The maximum Gasteiger partial charge on any atom is 0.456 e. The van der Waals surface area contributed by atoms with Crippen LogP contribution in [0.3, 0.4) is 0 Å². The van der Waals surface area contributed by atoms with E-state index in [1.165, 1.54) is 7.11 Å². The summed E-state index contributed by atoms with van der Waals surface area (Å²) in [6, 6.07) is 4.89. The maximum absolute atomic E-state index is 10.6. The summed E-state index contributed by atoms with van der Waals surface area (Å²) < 4.78 is 4.94. The molecule has 1 aromatic rings. The molecule has 0 aliphatic rings. The lowest BCUT2D eigenvalue weighted by molar-refractivity contribution is 0.112. The Morgan fingerprint density at radius 3 is 2.71 bits per heavy atom. The second kappa shape index (κ2) is 4.78. The van der Waals surface area contributed by atoms with Gasteiger partial charge in [-0.25, -0.2) is 0 Å². The predicted octanol–water partition coefficient (Wildman–Crippen LogP) is 0.0622. The Labute approximate surface area is 82.3 Å². The van der Waals surface area contributed by atoms with E-state index in [9.17, 15) is 4.79 Å². The molecule has 0 amide bonds. The maximum atomic E-state index is 10.6. The van der Waals surface area contributed by atoms with Crippen molar-refractivity contribution in [3.63, 3.8) is 0 Å². The first-order valence-corrected chi connectivity index (χ1v) is 4.15. The van der Waals surface area contributed by atoms with Gasteiger partial charge in [0.15, 0.2) is 6.29 Å². The van der Waals surface area contributed by atoms with Gasteiger partial charge in [-0.15, -0.1) is 0 Å².